The number of fused-ring (bicyclic) bond motifs is 1. The third kappa shape index (κ3) is 2.97. The SMILES string of the molecule is C[C@]1(O)C[C@@H](O)[C@@]2(O)C=CO[C@@H](O[C@@H]3O[C@H](CO)[C@@H](O)[C@H](O)[C@H]3O)[C@@H]21. The van der Waals surface area contributed by atoms with Crippen LogP contribution in [-0.2, 0) is 14.2 Å². The number of hydrogen-bond acceptors (Lipinski definition) is 10. The normalized spacial score (nSPS) is 55.7. The molecule has 10 heteroatoms. The van der Waals surface area contributed by atoms with Gasteiger partial charge in [0.05, 0.1) is 30.5 Å². The van der Waals surface area contributed by atoms with Crippen LogP contribution in [-0.4, -0.2) is 96.7 Å². The van der Waals surface area contributed by atoms with Crippen LogP contribution in [0.15, 0.2) is 12.3 Å². The molecule has 10 atom stereocenters. The molecule has 25 heavy (non-hydrogen) atoms. The van der Waals surface area contributed by atoms with Crippen LogP contribution >= 0.6 is 0 Å². The molecule has 3 rings (SSSR count). The summed E-state index contributed by atoms with van der Waals surface area (Å²) in [5, 5.41) is 70.2. The minimum atomic E-state index is -1.81. The van der Waals surface area contributed by atoms with E-state index in [1.54, 1.807) is 0 Å². The summed E-state index contributed by atoms with van der Waals surface area (Å²) in [4.78, 5) is 0. The minimum absolute atomic E-state index is 0.129. The molecule has 1 saturated carbocycles. The van der Waals surface area contributed by atoms with E-state index in [0.717, 1.165) is 6.26 Å². The molecule has 0 aromatic rings. The largest absolute Gasteiger partial charge is 0.472 e. The van der Waals surface area contributed by atoms with Crippen molar-refractivity contribution in [3.63, 3.8) is 0 Å². The quantitative estimate of drug-likeness (QED) is 0.267. The van der Waals surface area contributed by atoms with Gasteiger partial charge in [-0.15, -0.1) is 0 Å². The maximum atomic E-state index is 10.7. The summed E-state index contributed by atoms with van der Waals surface area (Å²) in [5.41, 5.74) is -3.35. The highest BCUT2D eigenvalue weighted by Crippen LogP contribution is 2.49. The van der Waals surface area contributed by atoms with E-state index < -0.39 is 66.8 Å². The van der Waals surface area contributed by atoms with Crippen molar-refractivity contribution >= 4 is 0 Å². The maximum Gasteiger partial charge on any atom is 0.210 e. The Labute approximate surface area is 143 Å². The zero-order chi connectivity index (χ0) is 18.6. The van der Waals surface area contributed by atoms with Crippen LogP contribution in [0.5, 0.6) is 0 Å². The monoisotopic (exact) mass is 364 g/mol. The molecule has 0 amide bonds. The van der Waals surface area contributed by atoms with Gasteiger partial charge in [-0.05, 0) is 13.0 Å². The van der Waals surface area contributed by atoms with Crippen LogP contribution in [0.25, 0.3) is 0 Å². The van der Waals surface area contributed by atoms with Gasteiger partial charge in [0.1, 0.15) is 30.0 Å². The Morgan fingerprint density at radius 2 is 1.76 bits per heavy atom. The summed E-state index contributed by atoms with van der Waals surface area (Å²) < 4.78 is 16.0. The number of hydrogen-bond donors (Lipinski definition) is 7. The molecule has 0 aromatic carbocycles. The lowest BCUT2D eigenvalue weighted by atomic mass is 9.81. The molecule has 0 unspecified atom stereocenters. The first-order valence-electron chi connectivity index (χ1n) is 8.04. The van der Waals surface area contributed by atoms with E-state index in [2.05, 4.69) is 0 Å². The van der Waals surface area contributed by atoms with Crippen molar-refractivity contribution in [1.82, 2.24) is 0 Å². The molecule has 3 aliphatic rings. The third-order valence-electron chi connectivity index (χ3n) is 5.25. The van der Waals surface area contributed by atoms with Crippen LogP contribution in [0.1, 0.15) is 13.3 Å². The number of aliphatic hydroxyl groups excluding tert-OH is 5. The Morgan fingerprint density at radius 3 is 2.40 bits per heavy atom. The molecule has 0 spiro atoms. The van der Waals surface area contributed by atoms with E-state index in [4.69, 9.17) is 14.2 Å². The fraction of sp³-hybridized carbons (Fsp3) is 0.867. The van der Waals surface area contributed by atoms with Gasteiger partial charge in [0, 0.05) is 6.42 Å². The van der Waals surface area contributed by atoms with Crippen LogP contribution in [0.3, 0.4) is 0 Å². The van der Waals surface area contributed by atoms with E-state index in [1.165, 1.54) is 13.0 Å². The number of aliphatic hydroxyl groups is 7. The molecule has 10 nitrogen and oxygen atoms in total. The average molecular weight is 364 g/mol. The lowest BCUT2D eigenvalue weighted by Crippen LogP contribution is -2.61. The fourth-order valence-electron chi connectivity index (χ4n) is 3.84. The van der Waals surface area contributed by atoms with Crippen molar-refractivity contribution < 1.29 is 50.0 Å². The summed E-state index contributed by atoms with van der Waals surface area (Å²) in [6, 6.07) is 0. The molecule has 144 valence electrons. The Morgan fingerprint density at radius 1 is 1.08 bits per heavy atom. The first kappa shape index (κ1) is 19.0. The molecule has 0 aromatic heterocycles. The summed E-state index contributed by atoms with van der Waals surface area (Å²) in [5.74, 6) is -1.10. The summed E-state index contributed by atoms with van der Waals surface area (Å²) in [7, 11) is 0. The zero-order valence-electron chi connectivity index (χ0n) is 13.5. The van der Waals surface area contributed by atoms with Gasteiger partial charge < -0.3 is 50.0 Å². The first-order valence-corrected chi connectivity index (χ1v) is 8.04. The van der Waals surface area contributed by atoms with Gasteiger partial charge in [0.15, 0.2) is 6.29 Å². The van der Waals surface area contributed by atoms with Crippen molar-refractivity contribution in [1.29, 1.82) is 0 Å². The van der Waals surface area contributed by atoms with E-state index in [0.29, 0.717) is 0 Å². The minimum Gasteiger partial charge on any atom is -0.472 e. The van der Waals surface area contributed by atoms with Crippen molar-refractivity contribution in [3.8, 4) is 0 Å². The molecule has 2 aliphatic heterocycles. The van der Waals surface area contributed by atoms with E-state index >= 15 is 0 Å². The van der Waals surface area contributed by atoms with E-state index in [-0.39, 0.29) is 6.42 Å². The Balaban J connectivity index is 1.81. The summed E-state index contributed by atoms with van der Waals surface area (Å²) in [6.45, 7) is 0.783. The highest BCUT2D eigenvalue weighted by atomic mass is 16.8. The van der Waals surface area contributed by atoms with E-state index in [9.17, 15) is 35.7 Å². The van der Waals surface area contributed by atoms with Gasteiger partial charge in [0.25, 0.3) is 0 Å². The lowest BCUT2D eigenvalue weighted by Gasteiger charge is -2.45. The Kier molecular flexibility index (Phi) is 4.86. The second kappa shape index (κ2) is 6.41. The van der Waals surface area contributed by atoms with Crippen LogP contribution in [0, 0.1) is 5.92 Å². The first-order chi connectivity index (χ1) is 11.6. The lowest BCUT2D eigenvalue weighted by molar-refractivity contribution is -0.351. The molecular weight excluding hydrogens is 340 g/mol. The third-order valence-corrected chi connectivity index (χ3v) is 5.25. The zero-order valence-corrected chi connectivity index (χ0v) is 13.5. The molecule has 1 aliphatic carbocycles. The van der Waals surface area contributed by atoms with Gasteiger partial charge in [-0.2, -0.15) is 0 Å². The average Bonchev–Trinajstić information content (AvgIpc) is 2.73. The topological polar surface area (TPSA) is 169 Å². The van der Waals surface area contributed by atoms with Crippen molar-refractivity contribution in [2.75, 3.05) is 6.61 Å². The Bertz CT molecular complexity index is 522. The van der Waals surface area contributed by atoms with Gasteiger partial charge in [-0.3, -0.25) is 0 Å². The maximum absolute atomic E-state index is 10.7. The molecular formula is C15H24O10. The molecule has 0 radical (unpaired) electrons. The highest BCUT2D eigenvalue weighted by molar-refractivity contribution is 5.21. The van der Waals surface area contributed by atoms with Gasteiger partial charge in [0.2, 0.25) is 6.29 Å². The second-order valence-electron chi connectivity index (χ2n) is 7.08. The van der Waals surface area contributed by atoms with Crippen molar-refractivity contribution in [3.05, 3.63) is 12.3 Å². The predicted octanol–water partition coefficient (Wildman–Crippen LogP) is -3.46. The van der Waals surface area contributed by atoms with Gasteiger partial charge >= 0.3 is 0 Å². The molecule has 7 N–H and O–H groups in total. The van der Waals surface area contributed by atoms with Crippen LogP contribution < -0.4 is 0 Å². The number of ether oxygens (including phenoxy) is 3. The Hall–Kier alpha value is -0.820. The van der Waals surface area contributed by atoms with Crippen molar-refractivity contribution in [2.24, 2.45) is 5.92 Å². The second-order valence-corrected chi connectivity index (χ2v) is 7.08. The van der Waals surface area contributed by atoms with E-state index in [1.807, 2.05) is 0 Å². The predicted molar refractivity (Wildman–Crippen MR) is 78.6 cm³/mol. The van der Waals surface area contributed by atoms with Crippen LogP contribution in [0.2, 0.25) is 0 Å². The molecule has 2 heterocycles. The van der Waals surface area contributed by atoms with Gasteiger partial charge in [-0.1, -0.05) is 0 Å². The molecule has 0 bridgehead atoms. The standard InChI is InChI=1S/C15H24O10/c1-14(21)4-7(17)15(22)2-3-23-13(11(14)15)25-12-10(20)9(19)8(18)6(5-16)24-12/h2-3,6-13,16-22H,4-5H2,1H3/t6-,7-,8-,9+,10-,11-,12+,13+,14+,15+/m1/s1. The summed E-state index contributed by atoms with van der Waals surface area (Å²) >= 11 is 0. The highest BCUT2D eigenvalue weighted by Gasteiger charge is 2.64. The smallest absolute Gasteiger partial charge is 0.210 e. The van der Waals surface area contributed by atoms with Gasteiger partial charge in [-0.25, -0.2) is 0 Å². The van der Waals surface area contributed by atoms with Crippen molar-refractivity contribution in [2.45, 2.75) is 67.6 Å². The fourth-order valence-corrected chi connectivity index (χ4v) is 3.84. The molecule has 2 fully saturated rings. The summed E-state index contributed by atoms with van der Waals surface area (Å²) in [6.07, 6.45) is -7.87. The molecule has 1 saturated heterocycles. The van der Waals surface area contributed by atoms with Crippen LogP contribution in [0.4, 0.5) is 0 Å². The number of rotatable bonds is 3.